The van der Waals surface area contributed by atoms with Crippen molar-refractivity contribution in [3.8, 4) is 0 Å². The van der Waals surface area contributed by atoms with E-state index < -0.39 is 35.5 Å². The van der Waals surface area contributed by atoms with Crippen LogP contribution in [0.1, 0.15) is 38.7 Å². The first-order valence-corrected chi connectivity index (χ1v) is 7.93. The van der Waals surface area contributed by atoms with Crippen LogP contribution in [0.2, 0.25) is 0 Å². The van der Waals surface area contributed by atoms with Gasteiger partial charge in [0.1, 0.15) is 11.5 Å². The fraction of sp³-hybridized carbons (Fsp3) is 0.588. The summed E-state index contributed by atoms with van der Waals surface area (Å²) in [5.41, 5.74) is 6.65. The molecule has 7 heteroatoms. The summed E-state index contributed by atoms with van der Waals surface area (Å²) in [4.78, 5) is 11.7. The molecule has 1 aromatic carbocycles. The number of benzene rings is 1. The molecule has 3 atom stereocenters. The Morgan fingerprint density at radius 3 is 2.62 bits per heavy atom. The Kier molecular flexibility index (Phi) is 7.72. The Labute approximate surface area is 140 Å². The Balaban J connectivity index is 2.65. The van der Waals surface area contributed by atoms with Gasteiger partial charge in [0.25, 0.3) is 0 Å². The van der Waals surface area contributed by atoms with E-state index in [1.807, 2.05) is 0 Å². The maximum atomic E-state index is 13.6. The highest BCUT2D eigenvalue weighted by atomic mass is 19.1. The van der Waals surface area contributed by atoms with Crippen LogP contribution in [0.3, 0.4) is 0 Å². The summed E-state index contributed by atoms with van der Waals surface area (Å²) in [6, 6.07) is 5.18. The molecule has 0 radical (unpaired) electrons. The van der Waals surface area contributed by atoms with Crippen LogP contribution in [0, 0.1) is 11.7 Å². The summed E-state index contributed by atoms with van der Waals surface area (Å²) in [5.74, 6) is -1.84. The van der Waals surface area contributed by atoms with Crippen LogP contribution in [0.5, 0.6) is 0 Å². The number of aliphatic hydroxyl groups excluding tert-OH is 1. The highest BCUT2D eigenvalue weighted by Gasteiger charge is 2.28. The second kappa shape index (κ2) is 9.05. The molecule has 0 aliphatic carbocycles. The molecule has 1 rings (SSSR count). The van der Waals surface area contributed by atoms with Gasteiger partial charge < -0.3 is 10.8 Å². The van der Waals surface area contributed by atoms with Gasteiger partial charge in [0, 0.05) is 12.0 Å². The molecule has 0 bridgehead atoms. The average molecular weight is 344 g/mol. The maximum absolute atomic E-state index is 13.6. The Bertz CT molecular complexity index is 535. The Hall–Kier alpha value is -1.57. The average Bonchev–Trinajstić information content (AvgIpc) is 2.49. The van der Waals surface area contributed by atoms with E-state index in [1.54, 1.807) is 12.1 Å². The van der Waals surface area contributed by atoms with Crippen LogP contribution in [-0.4, -0.2) is 34.0 Å². The number of halogens is 2. The van der Waals surface area contributed by atoms with Gasteiger partial charge in [0.05, 0.1) is 6.10 Å². The SMILES string of the molecule is CC(C)(F)CCC(CC(O)C(N)Cc1cccc(F)c1)C(=O)NO. The van der Waals surface area contributed by atoms with E-state index in [2.05, 4.69) is 0 Å². The molecule has 0 spiro atoms. The van der Waals surface area contributed by atoms with E-state index in [9.17, 15) is 18.7 Å². The second-order valence-corrected chi connectivity index (χ2v) is 6.73. The monoisotopic (exact) mass is 344 g/mol. The molecule has 0 aliphatic rings. The number of carbonyl (C=O) groups is 1. The Morgan fingerprint density at radius 1 is 1.42 bits per heavy atom. The van der Waals surface area contributed by atoms with Gasteiger partial charge in [0.15, 0.2) is 0 Å². The zero-order chi connectivity index (χ0) is 18.3. The number of nitrogens with one attached hydrogen (secondary N) is 1. The normalized spacial score (nSPS) is 15.6. The minimum Gasteiger partial charge on any atom is -0.391 e. The van der Waals surface area contributed by atoms with E-state index in [4.69, 9.17) is 10.9 Å². The third-order valence-corrected chi connectivity index (χ3v) is 3.95. The van der Waals surface area contributed by atoms with E-state index in [0.29, 0.717) is 5.56 Å². The molecule has 1 aromatic rings. The molecule has 3 unspecified atom stereocenters. The van der Waals surface area contributed by atoms with Gasteiger partial charge in [-0.3, -0.25) is 10.0 Å². The first-order valence-electron chi connectivity index (χ1n) is 7.93. The van der Waals surface area contributed by atoms with Crippen molar-refractivity contribution in [1.82, 2.24) is 5.48 Å². The fourth-order valence-corrected chi connectivity index (χ4v) is 2.50. The van der Waals surface area contributed by atoms with Crippen LogP contribution >= 0.6 is 0 Å². The summed E-state index contributed by atoms with van der Waals surface area (Å²) in [7, 11) is 0. The Morgan fingerprint density at radius 2 is 2.08 bits per heavy atom. The summed E-state index contributed by atoms with van der Waals surface area (Å²) < 4.78 is 26.8. The van der Waals surface area contributed by atoms with Crippen molar-refractivity contribution >= 4 is 5.91 Å². The van der Waals surface area contributed by atoms with Gasteiger partial charge in [-0.15, -0.1) is 0 Å². The number of amides is 1. The molecule has 24 heavy (non-hydrogen) atoms. The highest BCUT2D eigenvalue weighted by molar-refractivity contribution is 5.77. The molecule has 0 aliphatic heterocycles. The molecule has 1 amide bonds. The molecular formula is C17H26F2N2O3. The van der Waals surface area contributed by atoms with E-state index in [0.717, 1.165) is 0 Å². The first-order chi connectivity index (χ1) is 11.1. The molecule has 0 aromatic heterocycles. The van der Waals surface area contributed by atoms with Crippen molar-refractivity contribution in [2.75, 3.05) is 0 Å². The number of hydrogen-bond donors (Lipinski definition) is 4. The second-order valence-electron chi connectivity index (χ2n) is 6.73. The lowest BCUT2D eigenvalue weighted by Gasteiger charge is -2.25. The van der Waals surface area contributed by atoms with Gasteiger partial charge in [-0.2, -0.15) is 0 Å². The van der Waals surface area contributed by atoms with Crippen molar-refractivity contribution in [2.45, 2.75) is 57.3 Å². The zero-order valence-electron chi connectivity index (χ0n) is 14.0. The number of alkyl halides is 1. The van der Waals surface area contributed by atoms with Crippen molar-refractivity contribution in [3.05, 3.63) is 35.6 Å². The van der Waals surface area contributed by atoms with Crippen LogP contribution < -0.4 is 11.2 Å². The van der Waals surface area contributed by atoms with Crippen LogP contribution in [0.15, 0.2) is 24.3 Å². The molecule has 136 valence electrons. The molecule has 0 heterocycles. The van der Waals surface area contributed by atoms with Crippen molar-refractivity contribution in [1.29, 1.82) is 0 Å². The lowest BCUT2D eigenvalue weighted by atomic mass is 9.88. The van der Waals surface area contributed by atoms with Crippen LogP contribution in [-0.2, 0) is 11.2 Å². The molecule has 0 fully saturated rings. The van der Waals surface area contributed by atoms with Crippen LogP contribution in [0.4, 0.5) is 8.78 Å². The summed E-state index contributed by atoms with van der Waals surface area (Å²) >= 11 is 0. The minimum absolute atomic E-state index is 0.0149. The van der Waals surface area contributed by atoms with Gasteiger partial charge >= 0.3 is 0 Å². The fourth-order valence-electron chi connectivity index (χ4n) is 2.50. The van der Waals surface area contributed by atoms with Gasteiger partial charge in [0.2, 0.25) is 5.91 Å². The smallest absolute Gasteiger partial charge is 0.246 e. The molecule has 5 N–H and O–H groups in total. The lowest BCUT2D eigenvalue weighted by Crippen LogP contribution is -2.40. The number of aliphatic hydroxyl groups is 1. The summed E-state index contributed by atoms with van der Waals surface area (Å²) in [6.07, 6.45) is -0.547. The number of hydrogen-bond acceptors (Lipinski definition) is 4. The third kappa shape index (κ3) is 7.33. The summed E-state index contributed by atoms with van der Waals surface area (Å²) in [5, 5.41) is 19.0. The topological polar surface area (TPSA) is 95.6 Å². The minimum atomic E-state index is -1.46. The van der Waals surface area contributed by atoms with Crippen LogP contribution in [0.25, 0.3) is 0 Å². The van der Waals surface area contributed by atoms with Gasteiger partial charge in [-0.25, -0.2) is 14.3 Å². The van der Waals surface area contributed by atoms with Gasteiger partial charge in [-0.05, 0) is 57.2 Å². The molecule has 5 nitrogen and oxygen atoms in total. The van der Waals surface area contributed by atoms with Gasteiger partial charge in [-0.1, -0.05) is 12.1 Å². The zero-order valence-corrected chi connectivity index (χ0v) is 14.0. The molecule has 0 saturated carbocycles. The first kappa shape index (κ1) is 20.5. The van der Waals surface area contributed by atoms with E-state index in [1.165, 1.54) is 31.5 Å². The molecular weight excluding hydrogens is 318 g/mol. The standard InChI is InChI=1S/C17H26F2N2O3/c1-17(2,19)7-6-12(16(23)21-24)10-15(22)14(20)9-11-4-3-5-13(18)8-11/h3-5,8,12,14-15,22,24H,6-7,9-10,20H2,1-2H3,(H,21,23). The van der Waals surface area contributed by atoms with Crippen molar-refractivity contribution < 1.29 is 23.9 Å². The summed E-state index contributed by atoms with van der Waals surface area (Å²) in [6.45, 7) is 2.79. The number of nitrogens with two attached hydrogens (primary N) is 1. The number of carbonyl (C=O) groups excluding carboxylic acids is 1. The number of hydroxylamine groups is 1. The predicted octanol–water partition coefficient (Wildman–Crippen LogP) is 2.10. The van der Waals surface area contributed by atoms with Crippen molar-refractivity contribution in [3.63, 3.8) is 0 Å². The predicted molar refractivity (Wildman–Crippen MR) is 86.5 cm³/mol. The largest absolute Gasteiger partial charge is 0.391 e. The third-order valence-electron chi connectivity index (χ3n) is 3.95. The molecule has 0 saturated heterocycles. The maximum Gasteiger partial charge on any atom is 0.246 e. The van der Waals surface area contributed by atoms with E-state index in [-0.39, 0.29) is 25.7 Å². The lowest BCUT2D eigenvalue weighted by molar-refractivity contribution is -0.135. The van der Waals surface area contributed by atoms with Crippen molar-refractivity contribution in [2.24, 2.45) is 11.7 Å². The quantitative estimate of drug-likeness (QED) is 0.407. The van der Waals surface area contributed by atoms with E-state index >= 15 is 0 Å². The number of rotatable bonds is 9. The highest BCUT2D eigenvalue weighted by Crippen LogP contribution is 2.23.